The summed E-state index contributed by atoms with van der Waals surface area (Å²) >= 11 is 3.42. The molecule has 4 rings (SSSR count). The monoisotopic (exact) mass is 456 g/mol. The highest BCUT2D eigenvalue weighted by atomic mass is 79.9. The molecule has 3 heterocycles. The molecule has 1 N–H and O–H groups in total. The van der Waals surface area contributed by atoms with E-state index in [1.165, 1.54) is 12.5 Å². The van der Waals surface area contributed by atoms with E-state index in [0.29, 0.717) is 31.0 Å². The first kappa shape index (κ1) is 19.5. The van der Waals surface area contributed by atoms with Gasteiger partial charge in [0.15, 0.2) is 0 Å². The van der Waals surface area contributed by atoms with Crippen molar-refractivity contribution in [1.82, 2.24) is 10.2 Å². The van der Waals surface area contributed by atoms with Crippen LogP contribution in [0, 0.1) is 5.92 Å². The van der Waals surface area contributed by atoms with E-state index < -0.39 is 0 Å². The smallest absolute Gasteiger partial charge is 0.257 e. The van der Waals surface area contributed by atoms with Crippen LogP contribution in [0.1, 0.15) is 29.0 Å². The van der Waals surface area contributed by atoms with Gasteiger partial charge >= 0.3 is 0 Å². The fraction of sp³-hybridized carbons (Fsp3) is 0.273. The summed E-state index contributed by atoms with van der Waals surface area (Å²) in [5, 5.41) is 2.94. The fourth-order valence-electron chi connectivity index (χ4n) is 3.51. The van der Waals surface area contributed by atoms with Gasteiger partial charge in [-0.2, -0.15) is 0 Å². The minimum absolute atomic E-state index is 0.0590. The Bertz CT molecular complexity index is 979. The second kappa shape index (κ2) is 8.69. The maximum Gasteiger partial charge on any atom is 0.257 e. The molecule has 7 heteroatoms. The molecule has 1 fully saturated rings. The SMILES string of the molecule is O=C(NCc1ccc(-c2ccc(Br)cc2)o1)[C@H]1CCCN(C(=O)c2ccoc2)C1. The van der Waals surface area contributed by atoms with Crippen LogP contribution in [0.15, 0.2) is 68.3 Å². The molecule has 29 heavy (non-hydrogen) atoms. The standard InChI is InChI=1S/C22H21BrN2O4/c23-18-5-3-15(4-6-18)20-8-7-19(29-20)12-24-21(26)16-2-1-10-25(13-16)22(27)17-9-11-28-14-17/h3-9,11,14,16H,1-2,10,12-13H2,(H,24,26)/t16-/m0/s1. The first-order valence-electron chi connectivity index (χ1n) is 9.54. The molecule has 1 atom stereocenters. The van der Waals surface area contributed by atoms with E-state index in [1.54, 1.807) is 11.0 Å². The average molecular weight is 457 g/mol. The number of piperidine rings is 1. The van der Waals surface area contributed by atoms with E-state index in [2.05, 4.69) is 21.2 Å². The molecule has 0 aliphatic carbocycles. The lowest BCUT2D eigenvalue weighted by Gasteiger charge is -2.31. The lowest BCUT2D eigenvalue weighted by Crippen LogP contribution is -2.45. The summed E-state index contributed by atoms with van der Waals surface area (Å²) in [6, 6.07) is 13.3. The number of nitrogens with zero attached hydrogens (tertiary/aromatic N) is 1. The van der Waals surface area contributed by atoms with Gasteiger partial charge in [-0.3, -0.25) is 9.59 Å². The number of hydrogen-bond acceptors (Lipinski definition) is 4. The second-order valence-corrected chi connectivity index (χ2v) is 8.01. The number of rotatable bonds is 5. The summed E-state index contributed by atoms with van der Waals surface area (Å²) in [5.74, 6) is 1.08. The zero-order valence-electron chi connectivity index (χ0n) is 15.8. The average Bonchev–Trinajstić information content (AvgIpc) is 3.44. The van der Waals surface area contributed by atoms with Crippen molar-refractivity contribution in [2.45, 2.75) is 19.4 Å². The van der Waals surface area contributed by atoms with Crippen molar-refractivity contribution in [2.24, 2.45) is 5.92 Å². The van der Waals surface area contributed by atoms with Gasteiger partial charge in [-0.25, -0.2) is 0 Å². The molecule has 0 bridgehead atoms. The third-order valence-corrected chi connectivity index (χ3v) is 5.60. The molecule has 150 valence electrons. The van der Waals surface area contributed by atoms with Crippen molar-refractivity contribution in [2.75, 3.05) is 13.1 Å². The Hall–Kier alpha value is -2.80. The van der Waals surface area contributed by atoms with Gasteiger partial charge in [0, 0.05) is 23.1 Å². The molecule has 2 amide bonds. The third-order valence-electron chi connectivity index (χ3n) is 5.07. The number of furan rings is 2. The summed E-state index contributed by atoms with van der Waals surface area (Å²) in [4.78, 5) is 26.8. The highest BCUT2D eigenvalue weighted by molar-refractivity contribution is 9.10. The Morgan fingerprint density at radius 1 is 1.14 bits per heavy atom. The predicted octanol–water partition coefficient (Wildman–Crippen LogP) is 4.47. The second-order valence-electron chi connectivity index (χ2n) is 7.09. The van der Waals surface area contributed by atoms with Crippen molar-refractivity contribution in [3.8, 4) is 11.3 Å². The Balaban J connectivity index is 1.32. The van der Waals surface area contributed by atoms with Gasteiger partial charge < -0.3 is 19.1 Å². The molecule has 0 saturated carbocycles. The maximum atomic E-state index is 12.6. The first-order valence-corrected chi connectivity index (χ1v) is 10.3. The molecule has 1 aromatic carbocycles. The molecule has 0 radical (unpaired) electrons. The zero-order valence-corrected chi connectivity index (χ0v) is 17.4. The largest absolute Gasteiger partial charge is 0.472 e. The van der Waals surface area contributed by atoms with Crippen molar-refractivity contribution in [3.05, 3.63) is 70.8 Å². The molecule has 3 aromatic rings. The first-order chi connectivity index (χ1) is 14.1. The van der Waals surface area contributed by atoms with Crippen LogP contribution in [0.2, 0.25) is 0 Å². The van der Waals surface area contributed by atoms with Gasteiger partial charge in [-0.1, -0.05) is 28.1 Å². The molecular formula is C22H21BrN2O4. The van der Waals surface area contributed by atoms with E-state index in [-0.39, 0.29) is 17.7 Å². The zero-order chi connectivity index (χ0) is 20.2. The molecule has 1 aliphatic heterocycles. The molecule has 1 saturated heterocycles. The molecule has 0 unspecified atom stereocenters. The molecular weight excluding hydrogens is 436 g/mol. The van der Waals surface area contributed by atoms with E-state index in [9.17, 15) is 9.59 Å². The quantitative estimate of drug-likeness (QED) is 0.614. The molecule has 0 spiro atoms. The summed E-state index contributed by atoms with van der Waals surface area (Å²) < 4.78 is 11.8. The number of benzene rings is 1. The van der Waals surface area contributed by atoms with Crippen LogP contribution in [-0.2, 0) is 11.3 Å². The summed E-state index contributed by atoms with van der Waals surface area (Å²) in [6.07, 6.45) is 4.48. The van der Waals surface area contributed by atoms with Gasteiger partial charge in [0.05, 0.1) is 24.3 Å². The third kappa shape index (κ3) is 4.62. The van der Waals surface area contributed by atoms with E-state index >= 15 is 0 Å². The molecule has 1 aliphatic rings. The highest BCUT2D eigenvalue weighted by Gasteiger charge is 2.29. The van der Waals surface area contributed by atoms with Crippen LogP contribution in [0.3, 0.4) is 0 Å². The molecule has 2 aromatic heterocycles. The van der Waals surface area contributed by atoms with Crippen molar-refractivity contribution < 1.29 is 18.4 Å². The number of nitrogens with one attached hydrogen (secondary N) is 1. The van der Waals surface area contributed by atoms with E-state index in [0.717, 1.165) is 28.6 Å². The van der Waals surface area contributed by atoms with Crippen LogP contribution < -0.4 is 5.32 Å². The van der Waals surface area contributed by atoms with Gasteiger partial charge in [0.2, 0.25) is 5.91 Å². The number of likely N-dealkylation sites (tertiary alicyclic amines) is 1. The predicted molar refractivity (Wildman–Crippen MR) is 111 cm³/mol. The summed E-state index contributed by atoms with van der Waals surface area (Å²) in [5.41, 5.74) is 1.49. The van der Waals surface area contributed by atoms with Gasteiger partial charge in [-0.05, 0) is 43.2 Å². The normalized spacial score (nSPS) is 16.6. The summed E-state index contributed by atoms with van der Waals surface area (Å²) in [6.45, 7) is 1.39. The number of carbonyl (C=O) groups is 2. The van der Waals surface area contributed by atoms with Crippen molar-refractivity contribution in [3.63, 3.8) is 0 Å². The van der Waals surface area contributed by atoms with Crippen molar-refractivity contribution in [1.29, 1.82) is 0 Å². The lowest BCUT2D eigenvalue weighted by molar-refractivity contribution is -0.126. The van der Waals surface area contributed by atoms with Crippen molar-refractivity contribution >= 4 is 27.7 Å². The lowest BCUT2D eigenvalue weighted by atomic mass is 9.96. The van der Waals surface area contributed by atoms with E-state index in [1.807, 2.05) is 36.4 Å². The minimum Gasteiger partial charge on any atom is -0.472 e. The topological polar surface area (TPSA) is 75.7 Å². The highest BCUT2D eigenvalue weighted by Crippen LogP contribution is 2.24. The maximum absolute atomic E-state index is 12.6. The van der Waals surface area contributed by atoms with Crippen LogP contribution in [0.5, 0.6) is 0 Å². The number of halogens is 1. The Labute approximate surface area is 177 Å². The van der Waals surface area contributed by atoms with Crippen LogP contribution >= 0.6 is 15.9 Å². The van der Waals surface area contributed by atoms with Crippen LogP contribution in [-0.4, -0.2) is 29.8 Å². The van der Waals surface area contributed by atoms with Gasteiger partial charge in [0.25, 0.3) is 5.91 Å². The fourth-order valence-corrected chi connectivity index (χ4v) is 3.77. The Morgan fingerprint density at radius 3 is 2.72 bits per heavy atom. The van der Waals surface area contributed by atoms with E-state index in [4.69, 9.17) is 8.83 Å². The van der Waals surface area contributed by atoms with Crippen LogP contribution in [0.4, 0.5) is 0 Å². The molecule has 6 nitrogen and oxygen atoms in total. The minimum atomic E-state index is -0.222. The number of carbonyl (C=O) groups excluding carboxylic acids is 2. The van der Waals surface area contributed by atoms with Gasteiger partial charge in [0.1, 0.15) is 17.8 Å². The Morgan fingerprint density at radius 2 is 1.97 bits per heavy atom. The number of hydrogen-bond donors (Lipinski definition) is 1. The Kier molecular flexibility index (Phi) is 5.85. The van der Waals surface area contributed by atoms with Crippen LogP contribution in [0.25, 0.3) is 11.3 Å². The summed E-state index contributed by atoms with van der Waals surface area (Å²) in [7, 11) is 0. The van der Waals surface area contributed by atoms with Gasteiger partial charge in [-0.15, -0.1) is 0 Å². The number of amides is 2.